The Hall–Kier alpha value is -1.32. The summed E-state index contributed by atoms with van der Waals surface area (Å²) in [6.07, 6.45) is 19.6. The van der Waals surface area contributed by atoms with Gasteiger partial charge in [0.05, 0.1) is 6.61 Å². The van der Waals surface area contributed by atoms with E-state index in [2.05, 4.69) is 20.8 Å². The van der Waals surface area contributed by atoms with Gasteiger partial charge < -0.3 is 9.47 Å². The van der Waals surface area contributed by atoms with Crippen LogP contribution in [0, 0.1) is 0 Å². The summed E-state index contributed by atoms with van der Waals surface area (Å²) in [5.41, 5.74) is 0. The summed E-state index contributed by atoms with van der Waals surface area (Å²) in [6.45, 7) is 6.86. The summed E-state index contributed by atoms with van der Waals surface area (Å²) >= 11 is 0. The van der Waals surface area contributed by atoms with E-state index in [0.29, 0.717) is 6.61 Å². The normalized spacial score (nSPS) is 12.2. The van der Waals surface area contributed by atoms with Crippen molar-refractivity contribution in [1.29, 1.82) is 0 Å². The fourth-order valence-corrected chi connectivity index (χ4v) is 3.17. The zero-order valence-electron chi connectivity index (χ0n) is 18.7. The lowest BCUT2D eigenvalue weighted by Crippen LogP contribution is -2.17. The number of carbonyl (C=O) groups excluding carboxylic acids is 2. The predicted molar refractivity (Wildman–Crippen MR) is 116 cm³/mol. The van der Waals surface area contributed by atoms with Gasteiger partial charge in [-0.05, 0) is 19.3 Å². The maximum Gasteiger partial charge on any atom is 0.331 e. The molecule has 164 valence electrons. The molecule has 1 unspecified atom stereocenters. The Kier molecular flexibility index (Phi) is 19.5. The first-order chi connectivity index (χ1) is 13.6. The molecule has 0 aliphatic rings. The molecule has 0 aromatic rings. The van der Waals surface area contributed by atoms with Crippen LogP contribution in [0.3, 0.4) is 0 Å². The Morgan fingerprint density at radius 2 is 1.18 bits per heavy atom. The molecule has 0 fully saturated rings. The highest BCUT2D eigenvalue weighted by molar-refractivity contribution is 5.91. The minimum absolute atomic E-state index is 0.0511. The molecular formula is C24H44O4. The molecule has 4 nitrogen and oxygen atoms in total. The van der Waals surface area contributed by atoms with Gasteiger partial charge in [-0.3, -0.25) is 0 Å². The van der Waals surface area contributed by atoms with Gasteiger partial charge in [0.2, 0.25) is 0 Å². The van der Waals surface area contributed by atoms with Crippen molar-refractivity contribution in [3.8, 4) is 0 Å². The average Bonchev–Trinajstić information content (AvgIpc) is 2.68. The summed E-state index contributed by atoms with van der Waals surface area (Å²) in [7, 11) is 0. The molecular weight excluding hydrogens is 352 g/mol. The number of carbonyl (C=O) groups is 2. The van der Waals surface area contributed by atoms with Crippen molar-refractivity contribution in [2.45, 2.75) is 123 Å². The molecule has 0 radical (unpaired) electrons. The van der Waals surface area contributed by atoms with Crippen LogP contribution in [0.4, 0.5) is 0 Å². The second-order valence-corrected chi connectivity index (χ2v) is 7.67. The van der Waals surface area contributed by atoms with Gasteiger partial charge in [-0.15, -0.1) is 0 Å². The van der Waals surface area contributed by atoms with Crippen molar-refractivity contribution in [3.63, 3.8) is 0 Å². The number of hydrogen-bond acceptors (Lipinski definition) is 4. The lowest BCUT2D eigenvalue weighted by molar-refractivity contribution is -0.144. The van der Waals surface area contributed by atoms with Crippen molar-refractivity contribution in [2.75, 3.05) is 6.61 Å². The summed E-state index contributed by atoms with van der Waals surface area (Å²) in [5.74, 6) is -0.918. The minimum atomic E-state index is -0.464. The molecule has 0 saturated carbocycles. The standard InChI is InChI=1S/C24H44O4/c1-4-7-9-10-11-12-13-14-15-16-21-27-23(25)19-20-24(26)28-22(17-6-3)18-8-5-2/h19-20,22H,4-18,21H2,1-3H3/b20-19+. The Labute approximate surface area is 173 Å². The van der Waals surface area contributed by atoms with Crippen LogP contribution in [0.5, 0.6) is 0 Å². The minimum Gasteiger partial charge on any atom is -0.463 e. The zero-order chi connectivity index (χ0) is 20.9. The van der Waals surface area contributed by atoms with Crippen LogP contribution < -0.4 is 0 Å². The lowest BCUT2D eigenvalue weighted by atomic mass is 10.1. The molecule has 1 atom stereocenters. The van der Waals surface area contributed by atoms with Crippen LogP contribution in [-0.4, -0.2) is 24.6 Å². The van der Waals surface area contributed by atoms with Gasteiger partial charge in [0, 0.05) is 12.2 Å². The number of rotatable bonds is 19. The molecule has 0 aliphatic carbocycles. The Balaban J connectivity index is 3.69. The van der Waals surface area contributed by atoms with Gasteiger partial charge in [-0.1, -0.05) is 97.8 Å². The van der Waals surface area contributed by atoms with Crippen LogP contribution in [0.25, 0.3) is 0 Å². The highest BCUT2D eigenvalue weighted by Gasteiger charge is 2.11. The maximum atomic E-state index is 11.8. The van der Waals surface area contributed by atoms with Crippen LogP contribution in [0.2, 0.25) is 0 Å². The third-order valence-electron chi connectivity index (χ3n) is 4.87. The predicted octanol–water partition coefficient (Wildman–Crippen LogP) is 6.91. The summed E-state index contributed by atoms with van der Waals surface area (Å²) in [5, 5.41) is 0. The quantitative estimate of drug-likeness (QED) is 0.135. The molecule has 28 heavy (non-hydrogen) atoms. The van der Waals surface area contributed by atoms with Crippen molar-refractivity contribution in [3.05, 3.63) is 12.2 Å². The van der Waals surface area contributed by atoms with E-state index >= 15 is 0 Å². The average molecular weight is 397 g/mol. The second-order valence-electron chi connectivity index (χ2n) is 7.67. The van der Waals surface area contributed by atoms with Crippen molar-refractivity contribution >= 4 is 11.9 Å². The number of ether oxygens (including phenoxy) is 2. The summed E-state index contributed by atoms with van der Waals surface area (Å²) in [6, 6.07) is 0. The third kappa shape index (κ3) is 18.1. The first-order valence-electron chi connectivity index (χ1n) is 11.7. The molecule has 0 N–H and O–H groups in total. The van der Waals surface area contributed by atoms with E-state index in [9.17, 15) is 9.59 Å². The van der Waals surface area contributed by atoms with Gasteiger partial charge in [0.15, 0.2) is 0 Å². The molecule has 0 aliphatic heterocycles. The molecule has 0 saturated heterocycles. The monoisotopic (exact) mass is 396 g/mol. The van der Waals surface area contributed by atoms with E-state index in [-0.39, 0.29) is 6.10 Å². The molecule has 0 aromatic carbocycles. The Bertz CT molecular complexity index is 403. The SMILES string of the molecule is CCCCCCCCCCCCOC(=O)/C=C/C(=O)OC(CCC)CCCC. The van der Waals surface area contributed by atoms with Crippen molar-refractivity contribution in [1.82, 2.24) is 0 Å². The van der Waals surface area contributed by atoms with E-state index < -0.39 is 11.9 Å². The third-order valence-corrected chi connectivity index (χ3v) is 4.87. The van der Waals surface area contributed by atoms with Crippen LogP contribution in [0.1, 0.15) is 117 Å². The van der Waals surface area contributed by atoms with Gasteiger partial charge in [0.1, 0.15) is 6.10 Å². The number of hydrogen-bond donors (Lipinski definition) is 0. The molecule has 0 rings (SSSR count). The van der Waals surface area contributed by atoms with Gasteiger partial charge in [0.25, 0.3) is 0 Å². The topological polar surface area (TPSA) is 52.6 Å². The van der Waals surface area contributed by atoms with Crippen LogP contribution in [-0.2, 0) is 19.1 Å². The molecule has 0 amide bonds. The number of unbranched alkanes of at least 4 members (excludes halogenated alkanes) is 10. The first kappa shape index (κ1) is 26.7. The smallest absolute Gasteiger partial charge is 0.331 e. The lowest BCUT2D eigenvalue weighted by Gasteiger charge is -2.15. The molecule has 0 spiro atoms. The van der Waals surface area contributed by atoms with E-state index in [4.69, 9.17) is 9.47 Å². The Morgan fingerprint density at radius 3 is 1.75 bits per heavy atom. The zero-order valence-corrected chi connectivity index (χ0v) is 18.7. The molecule has 0 aromatic heterocycles. The highest BCUT2D eigenvalue weighted by atomic mass is 16.5. The van der Waals surface area contributed by atoms with Crippen molar-refractivity contribution in [2.24, 2.45) is 0 Å². The van der Waals surface area contributed by atoms with E-state index in [1.807, 2.05) is 0 Å². The van der Waals surface area contributed by atoms with Gasteiger partial charge in [-0.25, -0.2) is 9.59 Å². The van der Waals surface area contributed by atoms with Gasteiger partial charge in [-0.2, -0.15) is 0 Å². The second kappa shape index (κ2) is 20.4. The number of esters is 2. The van der Waals surface area contributed by atoms with E-state index in [0.717, 1.165) is 44.9 Å². The molecule has 0 bridgehead atoms. The maximum absolute atomic E-state index is 11.8. The van der Waals surface area contributed by atoms with E-state index in [1.165, 1.54) is 63.5 Å². The fourth-order valence-electron chi connectivity index (χ4n) is 3.17. The largest absolute Gasteiger partial charge is 0.463 e. The van der Waals surface area contributed by atoms with Crippen LogP contribution in [0.15, 0.2) is 12.2 Å². The molecule has 0 heterocycles. The van der Waals surface area contributed by atoms with Crippen LogP contribution >= 0.6 is 0 Å². The Morgan fingerprint density at radius 1 is 0.643 bits per heavy atom. The van der Waals surface area contributed by atoms with E-state index in [1.54, 1.807) is 0 Å². The highest BCUT2D eigenvalue weighted by Crippen LogP contribution is 2.12. The van der Waals surface area contributed by atoms with Gasteiger partial charge >= 0.3 is 11.9 Å². The first-order valence-corrected chi connectivity index (χ1v) is 11.7. The van der Waals surface area contributed by atoms with Crippen molar-refractivity contribution < 1.29 is 19.1 Å². The molecule has 4 heteroatoms. The fraction of sp³-hybridized carbons (Fsp3) is 0.833. The summed E-state index contributed by atoms with van der Waals surface area (Å²) < 4.78 is 10.6. The summed E-state index contributed by atoms with van der Waals surface area (Å²) in [4.78, 5) is 23.5.